The van der Waals surface area contributed by atoms with E-state index in [9.17, 15) is 4.79 Å². The number of nitrogen functional groups attached to an aromatic ring is 1. The van der Waals surface area contributed by atoms with E-state index in [1.807, 2.05) is 24.3 Å². The molecule has 1 fully saturated rings. The van der Waals surface area contributed by atoms with Crippen molar-refractivity contribution in [2.75, 3.05) is 5.73 Å². The van der Waals surface area contributed by atoms with E-state index >= 15 is 0 Å². The SMILES string of the molecule is CC1CC(OC(=O)CCc2ccccc2N)CC(C)(C)C1. The van der Waals surface area contributed by atoms with Crippen LogP contribution in [0.25, 0.3) is 0 Å². The highest BCUT2D eigenvalue weighted by atomic mass is 16.5. The molecule has 0 aromatic heterocycles. The Hall–Kier alpha value is -1.51. The molecule has 0 bridgehead atoms. The minimum atomic E-state index is -0.104. The molecule has 2 N–H and O–H groups in total. The van der Waals surface area contributed by atoms with Crippen molar-refractivity contribution in [1.29, 1.82) is 0 Å². The van der Waals surface area contributed by atoms with Crippen molar-refractivity contribution < 1.29 is 9.53 Å². The Balaban J connectivity index is 1.83. The lowest BCUT2D eigenvalue weighted by molar-refractivity contribution is -0.153. The summed E-state index contributed by atoms with van der Waals surface area (Å²) in [5.41, 5.74) is 7.93. The van der Waals surface area contributed by atoms with Crippen molar-refractivity contribution in [3.05, 3.63) is 29.8 Å². The van der Waals surface area contributed by atoms with Gasteiger partial charge in [0.15, 0.2) is 0 Å². The lowest BCUT2D eigenvalue weighted by Gasteiger charge is -2.38. The van der Waals surface area contributed by atoms with E-state index in [-0.39, 0.29) is 17.5 Å². The molecule has 1 saturated carbocycles. The van der Waals surface area contributed by atoms with E-state index < -0.39 is 0 Å². The second kappa shape index (κ2) is 6.50. The van der Waals surface area contributed by atoms with E-state index in [0.29, 0.717) is 18.8 Å². The van der Waals surface area contributed by atoms with Gasteiger partial charge in [-0.15, -0.1) is 0 Å². The average molecular weight is 289 g/mol. The van der Waals surface area contributed by atoms with Crippen molar-refractivity contribution >= 4 is 11.7 Å². The highest BCUT2D eigenvalue weighted by molar-refractivity contribution is 5.70. The summed E-state index contributed by atoms with van der Waals surface area (Å²) in [4.78, 5) is 12.1. The molecule has 1 aliphatic carbocycles. The van der Waals surface area contributed by atoms with E-state index in [4.69, 9.17) is 10.5 Å². The van der Waals surface area contributed by atoms with Crippen molar-refractivity contribution in [2.45, 2.75) is 59.0 Å². The minimum Gasteiger partial charge on any atom is -0.462 e. The van der Waals surface area contributed by atoms with Gasteiger partial charge in [-0.25, -0.2) is 0 Å². The van der Waals surface area contributed by atoms with Crippen molar-refractivity contribution in [1.82, 2.24) is 0 Å². The molecule has 0 saturated heterocycles. The third-order valence-corrected chi connectivity index (χ3v) is 4.30. The number of para-hydroxylation sites is 1. The molecular weight excluding hydrogens is 262 g/mol. The number of hydrogen-bond donors (Lipinski definition) is 1. The Morgan fingerprint density at radius 1 is 1.33 bits per heavy atom. The van der Waals surface area contributed by atoms with Gasteiger partial charge in [0.1, 0.15) is 6.10 Å². The van der Waals surface area contributed by atoms with Crippen LogP contribution < -0.4 is 5.73 Å². The lowest BCUT2D eigenvalue weighted by atomic mass is 9.71. The summed E-state index contributed by atoms with van der Waals surface area (Å²) in [5, 5.41) is 0. The Morgan fingerprint density at radius 3 is 2.71 bits per heavy atom. The zero-order chi connectivity index (χ0) is 15.5. The number of rotatable bonds is 4. The molecule has 1 aliphatic rings. The van der Waals surface area contributed by atoms with Gasteiger partial charge in [-0.3, -0.25) is 4.79 Å². The molecular formula is C18H27NO2. The zero-order valence-corrected chi connectivity index (χ0v) is 13.4. The molecule has 2 unspecified atom stereocenters. The van der Waals surface area contributed by atoms with E-state index in [2.05, 4.69) is 20.8 Å². The summed E-state index contributed by atoms with van der Waals surface area (Å²) in [6.45, 7) is 6.76. The van der Waals surface area contributed by atoms with Crippen LogP contribution in [0, 0.1) is 11.3 Å². The van der Waals surface area contributed by atoms with Crippen LogP contribution in [0.2, 0.25) is 0 Å². The lowest BCUT2D eigenvalue weighted by Crippen LogP contribution is -2.34. The largest absolute Gasteiger partial charge is 0.462 e. The summed E-state index contributed by atoms with van der Waals surface area (Å²) in [5.74, 6) is 0.518. The van der Waals surface area contributed by atoms with Crippen molar-refractivity contribution in [3.63, 3.8) is 0 Å². The van der Waals surface area contributed by atoms with Gasteiger partial charge in [-0.1, -0.05) is 39.0 Å². The fourth-order valence-corrected chi connectivity index (χ4v) is 3.59. The number of ether oxygens (including phenoxy) is 1. The number of esters is 1. The number of aryl methyl sites for hydroxylation is 1. The van der Waals surface area contributed by atoms with Gasteiger partial charge in [0.25, 0.3) is 0 Å². The minimum absolute atomic E-state index is 0.0735. The molecule has 2 atom stereocenters. The fourth-order valence-electron chi connectivity index (χ4n) is 3.59. The molecule has 3 heteroatoms. The summed E-state index contributed by atoms with van der Waals surface area (Å²) < 4.78 is 5.68. The summed E-state index contributed by atoms with van der Waals surface area (Å²) in [6.07, 6.45) is 4.29. The maximum atomic E-state index is 12.1. The number of hydrogen-bond acceptors (Lipinski definition) is 3. The Bertz CT molecular complexity index is 496. The molecule has 0 heterocycles. The number of benzene rings is 1. The van der Waals surface area contributed by atoms with Gasteiger partial charge in [-0.2, -0.15) is 0 Å². The van der Waals surface area contributed by atoms with E-state index in [0.717, 1.165) is 24.1 Å². The maximum Gasteiger partial charge on any atom is 0.306 e. The topological polar surface area (TPSA) is 52.3 Å². The molecule has 0 aliphatic heterocycles. The second-order valence-corrected chi connectivity index (χ2v) is 7.22. The molecule has 0 radical (unpaired) electrons. The zero-order valence-electron chi connectivity index (χ0n) is 13.4. The molecule has 21 heavy (non-hydrogen) atoms. The number of nitrogens with two attached hydrogens (primary N) is 1. The highest BCUT2D eigenvalue weighted by Gasteiger charge is 2.33. The molecule has 1 aromatic rings. The van der Waals surface area contributed by atoms with Crippen LogP contribution in [-0.2, 0) is 16.0 Å². The van der Waals surface area contributed by atoms with Crippen LogP contribution in [-0.4, -0.2) is 12.1 Å². The fraction of sp³-hybridized carbons (Fsp3) is 0.611. The monoisotopic (exact) mass is 289 g/mol. The van der Waals surface area contributed by atoms with Crippen LogP contribution in [0.3, 0.4) is 0 Å². The van der Waals surface area contributed by atoms with Gasteiger partial charge in [0, 0.05) is 12.1 Å². The highest BCUT2D eigenvalue weighted by Crippen LogP contribution is 2.39. The predicted molar refractivity (Wildman–Crippen MR) is 85.9 cm³/mol. The van der Waals surface area contributed by atoms with Crippen LogP contribution in [0.4, 0.5) is 5.69 Å². The average Bonchev–Trinajstić information content (AvgIpc) is 2.35. The van der Waals surface area contributed by atoms with E-state index in [1.54, 1.807) is 0 Å². The molecule has 3 nitrogen and oxygen atoms in total. The first-order valence-corrected chi connectivity index (χ1v) is 7.88. The normalized spacial score (nSPS) is 24.5. The Morgan fingerprint density at radius 2 is 2.05 bits per heavy atom. The van der Waals surface area contributed by atoms with Crippen LogP contribution in [0.1, 0.15) is 52.0 Å². The van der Waals surface area contributed by atoms with Crippen LogP contribution in [0.5, 0.6) is 0 Å². The van der Waals surface area contributed by atoms with Crippen molar-refractivity contribution in [3.8, 4) is 0 Å². The van der Waals surface area contributed by atoms with Crippen LogP contribution >= 0.6 is 0 Å². The number of carbonyl (C=O) groups is 1. The van der Waals surface area contributed by atoms with Gasteiger partial charge in [0.2, 0.25) is 0 Å². The third-order valence-electron chi connectivity index (χ3n) is 4.30. The smallest absolute Gasteiger partial charge is 0.306 e. The van der Waals surface area contributed by atoms with E-state index in [1.165, 1.54) is 6.42 Å². The first kappa shape index (κ1) is 15.9. The standard InChI is InChI=1S/C18H27NO2/c1-13-10-15(12-18(2,3)11-13)21-17(20)9-8-14-6-4-5-7-16(14)19/h4-7,13,15H,8-12,19H2,1-3H3. The second-order valence-electron chi connectivity index (χ2n) is 7.22. The van der Waals surface area contributed by atoms with Gasteiger partial charge in [-0.05, 0) is 48.6 Å². The summed E-state index contributed by atoms with van der Waals surface area (Å²) in [6, 6.07) is 7.69. The predicted octanol–water partition coefficient (Wildman–Crippen LogP) is 3.96. The summed E-state index contributed by atoms with van der Waals surface area (Å²) >= 11 is 0. The Labute approximate surface area is 127 Å². The maximum absolute atomic E-state index is 12.1. The molecule has 2 rings (SSSR count). The summed E-state index contributed by atoms with van der Waals surface area (Å²) in [7, 11) is 0. The molecule has 1 aromatic carbocycles. The van der Waals surface area contributed by atoms with Crippen LogP contribution in [0.15, 0.2) is 24.3 Å². The van der Waals surface area contributed by atoms with Crippen molar-refractivity contribution in [2.24, 2.45) is 11.3 Å². The first-order chi connectivity index (χ1) is 9.85. The number of anilines is 1. The quantitative estimate of drug-likeness (QED) is 0.674. The Kier molecular flexibility index (Phi) is 4.92. The molecule has 0 spiro atoms. The van der Waals surface area contributed by atoms with Gasteiger partial charge < -0.3 is 10.5 Å². The molecule has 0 amide bonds. The third kappa shape index (κ3) is 4.76. The van der Waals surface area contributed by atoms with Gasteiger partial charge >= 0.3 is 5.97 Å². The van der Waals surface area contributed by atoms with Gasteiger partial charge in [0.05, 0.1) is 0 Å². The molecule has 116 valence electrons. The first-order valence-electron chi connectivity index (χ1n) is 7.88. The number of carbonyl (C=O) groups excluding carboxylic acids is 1.